The van der Waals surface area contributed by atoms with Gasteiger partial charge in [-0.05, 0) is 105 Å². The number of benzene rings is 2. The molecule has 2 aromatic carbocycles. The Balaban J connectivity index is 1.10. The maximum atomic E-state index is 14.0. The number of hydrogen-bond donors (Lipinski definition) is 2. The molecule has 15 heteroatoms. The van der Waals surface area contributed by atoms with E-state index in [0.717, 1.165) is 36.2 Å². The number of hydrogen-bond acceptors (Lipinski definition) is 6. The summed E-state index contributed by atoms with van der Waals surface area (Å²) in [6.45, 7) is 2.09. The highest BCUT2D eigenvalue weighted by Gasteiger charge is 2.38. The second kappa shape index (κ2) is 16.7. The number of alkyl halides is 4. The van der Waals surface area contributed by atoms with Crippen LogP contribution in [0.1, 0.15) is 60.8 Å². The van der Waals surface area contributed by atoms with E-state index in [2.05, 4.69) is 5.32 Å². The molecule has 0 spiro atoms. The van der Waals surface area contributed by atoms with Crippen LogP contribution in [0.5, 0.6) is 0 Å². The molecule has 4 aliphatic rings. The number of likely N-dealkylation sites (tertiary alicyclic amines) is 3. The second-order valence-electron chi connectivity index (χ2n) is 14.7. The van der Waals surface area contributed by atoms with Crippen molar-refractivity contribution in [3.05, 3.63) is 64.7 Å². The Morgan fingerprint density at radius 1 is 0.849 bits per heavy atom. The topological polar surface area (TPSA) is 123 Å². The smallest absolute Gasteiger partial charge is 0.416 e. The van der Waals surface area contributed by atoms with Crippen LogP contribution in [0.4, 0.5) is 32.8 Å². The van der Waals surface area contributed by atoms with Crippen molar-refractivity contribution in [2.75, 3.05) is 57.7 Å². The van der Waals surface area contributed by atoms with Crippen molar-refractivity contribution in [1.82, 2.24) is 19.6 Å². The van der Waals surface area contributed by atoms with Crippen LogP contribution in [0.2, 0.25) is 0 Å². The molecule has 4 heterocycles. The number of ether oxygens (including phenoxy) is 1. The zero-order valence-corrected chi connectivity index (χ0v) is 29.7. The van der Waals surface area contributed by atoms with E-state index in [1.807, 2.05) is 29.2 Å². The number of carboxylic acids is 1. The van der Waals surface area contributed by atoms with Crippen LogP contribution >= 0.6 is 0 Å². The number of rotatable bonds is 9. The van der Waals surface area contributed by atoms with Crippen molar-refractivity contribution in [3.8, 4) is 0 Å². The van der Waals surface area contributed by atoms with E-state index in [0.29, 0.717) is 76.7 Å². The number of nitrogens with zero attached hydrogens (tertiary/aromatic N) is 4. The lowest BCUT2D eigenvalue weighted by molar-refractivity contribution is -0.142. The lowest BCUT2D eigenvalue weighted by Crippen LogP contribution is -2.52. The largest absolute Gasteiger partial charge is 0.480 e. The first kappa shape index (κ1) is 38.3. The molecule has 0 aromatic heterocycles. The first-order chi connectivity index (χ1) is 25.4. The third kappa shape index (κ3) is 9.59. The lowest BCUT2D eigenvalue weighted by atomic mass is 9.78. The van der Waals surface area contributed by atoms with Crippen molar-refractivity contribution in [1.29, 1.82) is 0 Å². The highest BCUT2D eigenvalue weighted by atomic mass is 19.4. The van der Waals surface area contributed by atoms with Crippen LogP contribution in [0.25, 0.3) is 0 Å². The Labute approximate surface area is 306 Å². The van der Waals surface area contributed by atoms with E-state index in [9.17, 15) is 36.7 Å². The minimum absolute atomic E-state index is 0.0152. The average molecular weight is 746 g/mol. The molecule has 0 radical (unpaired) electrons. The van der Waals surface area contributed by atoms with Gasteiger partial charge in [0.15, 0.2) is 6.10 Å². The molecule has 4 amide bonds. The summed E-state index contributed by atoms with van der Waals surface area (Å²) in [5, 5.41) is 12.1. The first-order valence-electron chi connectivity index (χ1n) is 18.5. The van der Waals surface area contributed by atoms with Gasteiger partial charge in [-0.15, -0.1) is 0 Å². The molecule has 1 atom stereocenters. The molecule has 2 aromatic rings. The van der Waals surface area contributed by atoms with Crippen LogP contribution in [0.3, 0.4) is 0 Å². The summed E-state index contributed by atoms with van der Waals surface area (Å²) >= 11 is 0. The fourth-order valence-corrected chi connectivity index (χ4v) is 8.38. The molecule has 0 bridgehead atoms. The van der Waals surface area contributed by atoms with Crippen molar-refractivity contribution >= 4 is 29.7 Å². The number of carbonyl (C=O) groups is 4. The second-order valence-corrected chi connectivity index (χ2v) is 14.7. The predicted octanol–water partition coefficient (Wildman–Crippen LogP) is 5.81. The first-order valence-corrected chi connectivity index (χ1v) is 18.5. The maximum Gasteiger partial charge on any atom is 0.416 e. The standard InChI is InChI=1S/C38H47F4N5O6/c39-23-26-19-25(20-30(21-26)38(40,41)42)22-33(35(50)45-14-7-28(8-15-45)27-5-12-44(13-6-27)24-34(48)49)53-37(52)46-16-10-31(11-17-46)47-18-9-29-3-1-2-4-32(29)43-36(47)51/h1-4,19-21,27-28,31,33H,5-18,22-24H2,(H,43,51)(H,48,49)/t33-/m1/s1. The van der Waals surface area contributed by atoms with Gasteiger partial charge in [-0.3, -0.25) is 14.5 Å². The number of aliphatic carboxylic acids is 1. The molecule has 0 aliphatic carbocycles. The van der Waals surface area contributed by atoms with Crippen LogP contribution in [0.15, 0.2) is 42.5 Å². The summed E-state index contributed by atoms with van der Waals surface area (Å²) in [5.41, 5.74) is 0.623. The van der Waals surface area contributed by atoms with E-state index >= 15 is 0 Å². The van der Waals surface area contributed by atoms with Gasteiger partial charge < -0.3 is 29.9 Å². The summed E-state index contributed by atoms with van der Waals surface area (Å²) in [6, 6.07) is 10.2. The number of fused-ring (bicyclic) bond motifs is 1. The minimum atomic E-state index is -4.74. The molecule has 3 saturated heterocycles. The van der Waals surface area contributed by atoms with Crippen LogP contribution in [-0.4, -0.2) is 113 Å². The summed E-state index contributed by atoms with van der Waals surface area (Å²) < 4.78 is 60.7. The van der Waals surface area contributed by atoms with Crippen molar-refractivity contribution in [2.24, 2.45) is 11.8 Å². The molecule has 288 valence electrons. The van der Waals surface area contributed by atoms with E-state index in [4.69, 9.17) is 9.84 Å². The molecule has 53 heavy (non-hydrogen) atoms. The quantitative estimate of drug-likeness (QED) is 0.311. The Bertz CT molecular complexity index is 1630. The van der Waals surface area contributed by atoms with Crippen molar-refractivity contribution in [3.63, 3.8) is 0 Å². The third-order valence-corrected chi connectivity index (χ3v) is 11.3. The number of anilines is 1. The normalized spacial score (nSPS) is 20.4. The van der Waals surface area contributed by atoms with Crippen LogP contribution in [-0.2, 0) is 40.0 Å². The van der Waals surface area contributed by atoms with Crippen LogP contribution < -0.4 is 5.32 Å². The number of nitrogens with one attached hydrogen (secondary N) is 1. The molecule has 3 fully saturated rings. The summed E-state index contributed by atoms with van der Waals surface area (Å²) in [6.07, 6.45) is -2.50. The summed E-state index contributed by atoms with van der Waals surface area (Å²) in [5.74, 6) is -0.629. The van der Waals surface area contributed by atoms with Crippen LogP contribution in [0, 0.1) is 11.8 Å². The van der Waals surface area contributed by atoms with Crippen molar-refractivity contribution < 1.29 is 46.6 Å². The fraction of sp³-hybridized carbons (Fsp3) is 0.579. The van der Waals surface area contributed by atoms with Gasteiger partial charge in [-0.1, -0.05) is 24.3 Å². The average Bonchev–Trinajstić information content (AvgIpc) is 3.32. The van der Waals surface area contributed by atoms with E-state index in [-0.39, 0.29) is 49.3 Å². The van der Waals surface area contributed by atoms with Crippen molar-refractivity contribution in [2.45, 2.75) is 76.4 Å². The number of para-hydroxylation sites is 1. The number of carbonyl (C=O) groups excluding carboxylic acids is 3. The Hall–Kier alpha value is -4.40. The molecular formula is C38H47F4N5O6. The van der Waals surface area contributed by atoms with Gasteiger partial charge in [0.25, 0.3) is 5.91 Å². The number of carboxylic acid groups (broad SMARTS) is 1. The van der Waals surface area contributed by atoms with E-state index in [1.54, 1.807) is 9.80 Å². The lowest BCUT2D eigenvalue weighted by Gasteiger charge is -2.41. The molecule has 2 N–H and O–H groups in total. The Kier molecular flexibility index (Phi) is 12.1. The molecular weight excluding hydrogens is 698 g/mol. The number of piperidine rings is 3. The van der Waals surface area contributed by atoms with Gasteiger partial charge in [0.1, 0.15) is 6.67 Å². The maximum absolute atomic E-state index is 14.0. The van der Waals surface area contributed by atoms with E-state index in [1.165, 1.54) is 11.0 Å². The fourth-order valence-electron chi connectivity index (χ4n) is 8.38. The van der Waals surface area contributed by atoms with Gasteiger partial charge in [0, 0.05) is 50.9 Å². The zero-order valence-electron chi connectivity index (χ0n) is 29.7. The van der Waals surface area contributed by atoms with Gasteiger partial charge in [-0.2, -0.15) is 13.2 Å². The summed E-state index contributed by atoms with van der Waals surface area (Å²) in [4.78, 5) is 58.6. The highest BCUT2D eigenvalue weighted by molar-refractivity contribution is 5.91. The summed E-state index contributed by atoms with van der Waals surface area (Å²) in [7, 11) is 0. The molecule has 0 unspecified atom stereocenters. The monoisotopic (exact) mass is 745 g/mol. The number of amides is 4. The molecule has 0 saturated carbocycles. The van der Waals surface area contributed by atoms with Gasteiger partial charge >= 0.3 is 24.3 Å². The number of halogens is 4. The number of urea groups is 1. The predicted molar refractivity (Wildman–Crippen MR) is 187 cm³/mol. The van der Waals surface area contributed by atoms with Gasteiger partial charge in [-0.25, -0.2) is 14.0 Å². The van der Waals surface area contributed by atoms with E-state index < -0.39 is 42.5 Å². The molecule has 4 aliphatic heterocycles. The zero-order chi connectivity index (χ0) is 37.7. The Morgan fingerprint density at radius 3 is 2.11 bits per heavy atom. The minimum Gasteiger partial charge on any atom is -0.480 e. The third-order valence-electron chi connectivity index (χ3n) is 11.3. The Morgan fingerprint density at radius 2 is 1.47 bits per heavy atom. The molecule has 6 rings (SSSR count). The SMILES string of the molecule is O=C(O)CN1CCC(C2CCN(C(=O)[C@@H](Cc3cc(CF)cc(C(F)(F)F)c3)OC(=O)N3CCC(N4CCc5ccccc5NC4=O)CC3)CC2)CC1. The highest BCUT2D eigenvalue weighted by Crippen LogP contribution is 2.34. The molecule has 11 nitrogen and oxygen atoms in total. The van der Waals surface area contributed by atoms with Gasteiger partial charge in [0.2, 0.25) is 0 Å². The van der Waals surface area contributed by atoms with Gasteiger partial charge in [0.05, 0.1) is 12.1 Å².